The van der Waals surface area contributed by atoms with Crippen LogP contribution in [0.4, 0.5) is 16.9 Å². The molecule has 3 aromatic rings. The number of rotatable bonds is 5. The van der Waals surface area contributed by atoms with Crippen LogP contribution in [0.25, 0.3) is 0 Å². The van der Waals surface area contributed by atoms with E-state index in [-0.39, 0.29) is 6.04 Å². The number of hydrogen-bond acceptors (Lipinski definition) is 9. The molecule has 1 fully saturated rings. The van der Waals surface area contributed by atoms with Crippen LogP contribution in [0.1, 0.15) is 42.3 Å². The molecule has 3 aromatic heterocycles. The van der Waals surface area contributed by atoms with Crippen LogP contribution in [0.3, 0.4) is 0 Å². The number of aryl methyl sites for hydroxylation is 2. The Kier molecular flexibility index (Phi) is 4.70. The first kappa shape index (κ1) is 16.8. The zero-order valence-corrected chi connectivity index (χ0v) is 15.6. The highest BCUT2D eigenvalue weighted by Crippen LogP contribution is 2.34. The van der Waals surface area contributed by atoms with Crippen molar-refractivity contribution in [1.29, 1.82) is 0 Å². The third-order valence-corrected chi connectivity index (χ3v) is 5.25. The highest BCUT2D eigenvalue weighted by Gasteiger charge is 2.29. The number of aromatic nitrogens is 6. The van der Waals surface area contributed by atoms with Crippen LogP contribution in [0.5, 0.6) is 0 Å². The van der Waals surface area contributed by atoms with Crippen LogP contribution >= 0.6 is 11.3 Å². The molecule has 0 aromatic carbocycles. The lowest BCUT2D eigenvalue weighted by atomic mass is 10.1. The Labute approximate surface area is 155 Å². The van der Waals surface area contributed by atoms with Crippen LogP contribution < -0.4 is 10.2 Å². The Morgan fingerprint density at radius 3 is 2.85 bits per heavy atom. The SMILES string of the molecule is CCc1nnc(Nc2cc([C@@H]3CCCN3c3ncccn3)nc(C)n2)s1. The first-order valence-corrected chi connectivity index (χ1v) is 9.53. The molecular weight excluding hydrogens is 348 g/mol. The predicted molar refractivity (Wildman–Crippen MR) is 101 cm³/mol. The van der Waals surface area contributed by atoms with E-state index in [0.717, 1.165) is 59.2 Å². The Morgan fingerprint density at radius 2 is 2.08 bits per heavy atom. The Morgan fingerprint density at radius 1 is 1.23 bits per heavy atom. The van der Waals surface area contributed by atoms with Crippen molar-refractivity contribution >= 4 is 28.2 Å². The van der Waals surface area contributed by atoms with E-state index >= 15 is 0 Å². The van der Waals surface area contributed by atoms with E-state index in [9.17, 15) is 0 Å². The molecule has 9 heteroatoms. The molecule has 0 saturated carbocycles. The summed E-state index contributed by atoms with van der Waals surface area (Å²) in [4.78, 5) is 20.2. The van der Waals surface area contributed by atoms with Crippen molar-refractivity contribution in [2.24, 2.45) is 0 Å². The van der Waals surface area contributed by atoms with Crippen molar-refractivity contribution < 1.29 is 0 Å². The van der Waals surface area contributed by atoms with E-state index in [2.05, 4.69) is 47.3 Å². The topological polar surface area (TPSA) is 92.6 Å². The smallest absolute Gasteiger partial charge is 0.225 e. The highest BCUT2D eigenvalue weighted by atomic mass is 32.1. The van der Waals surface area contributed by atoms with E-state index in [1.807, 2.05) is 19.1 Å². The van der Waals surface area contributed by atoms with Gasteiger partial charge in [-0.1, -0.05) is 18.3 Å². The maximum absolute atomic E-state index is 4.67. The van der Waals surface area contributed by atoms with Crippen LogP contribution in [0, 0.1) is 6.92 Å². The summed E-state index contributed by atoms with van der Waals surface area (Å²) in [6.07, 6.45) is 6.53. The monoisotopic (exact) mass is 368 g/mol. The molecule has 1 aliphatic rings. The molecule has 1 atom stereocenters. The first-order valence-electron chi connectivity index (χ1n) is 8.71. The molecule has 134 valence electrons. The van der Waals surface area contributed by atoms with Gasteiger partial charge in [-0.2, -0.15) is 0 Å². The number of hydrogen-bond donors (Lipinski definition) is 1. The van der Waals surface area contributed by atoms with Crippen molar-refractivity contribution in [2.75, 3.05) is 16.8 Å². The molecule has 0 spiro atoms. The van der Waals surface area contributed by atoms with E-state index in [1.165, 1.54) is 0 Å². The summed E-state index contributed by atoms with van der Waals surface area (Å²) in [7, 11) is 0. The van der Waals surface area contributed by atoms with Gasteiger partial charge in [0.05, 0.1) is 11.7 Å². The van der Waals surface area contributed by atoms with Crippen molar-refractivity contribution in [3.05, 3.63) is 41.1 Å². The van der Waals surface area contributed by atoms with E-state index in [1.54, 1.807) is 23.7 Å². The minimum absolute atomic E-state index is 0.153. The van der Waals surface area contributed by atoms with Gasteiger partial charge in [-0.05, 0) is 32.3 Å². The average molecular weight is 368 g/mol. The molecule has 4 heterocycles. The highest BCUT2D eigenvalue weighted by molar-refractivity contribution is 7.15. The molecule has 8 nitrogen and oxygen atoms in total. The van der Waals surface area contributed by atoms with Crippen molar-refractivity contribution in [3.8, 4) is 0 Å². The molecule has 0 unspecified atom stereocenters. The summed E-state index contributed by atoms with van der Waals surface area (Å²) in [5.74, 6) is 2.22. The molecule has 0 bridgehead atoms. The maximum Gasteiger partial charge on any atom is 0.225 e. The van der Waals surface area contributed by atoms with Crippen LogP contribution in [0.2, 0.25) is 0 Å². The quantitative estimate of drug-likeness (QED) is 0.734. The van der Waals surface area contributed by atoms with Gasteiger partial charge in [0.2, 0.25) is 11.1 Å². The first-order chi connectivity index (χ1) is 12.7. The third-order valence-electron chi connectivity index (χ3n) is 4.27. The standard InChI is InChI=1S/C17H20N8S/c1-3-15-23-24-17(26-15)22-14-10-12(20-11(2)21-14)13-6-4-9-25(13)16-18-7-5-8-19-16/h5,7-8,10,13H,3-4,6,9H2,1-2H3,(H,20,21,22,24)/t13-/m0/s1. The van der Waals surface area contributed by atoms with Gasteiger partial charge in [0, 0.05) is 25.0 Å². The molecule has 4 rings (SSSR count). The maximum atomic E-state index is 4.67. The molecule has 0 aliphatic carbocycles. The number of nitrogens with one attached hydrogen (secondary N) is 1. The molecule has 26 heavy (non-hydrogen) atoms. The van der Waals surface area contributed by atoms with Gasteiger partial charge >= 0.3 is 0 Å². The zero-order valence-electron chi connectivity index (χ0n) is 14.8. The second-order valence-corrected chi connectivity index (χ2v) is 7.17. The predicted octanol–water partition coefficient (Wildman–Crippen LogP) is 3.07. The molecule has 0 amide bonds. The second kappa shape index (κ2) is 7.28. The van der Waals surface area contributed by atoms with Crippen molar-refractivity contribution in [3.63, 3.8) is 0 Å². The van der Waals surface area contributed by atoms with Gasteiger partial charge in [-0.25, -0.2) is 19.9 Å². The summed E-state index contributed by atoms with van der Waals surface area (Å²) in [5, 5.41) is 13.3. The summed E-state index contributed by atoms with van der Waals surface area (Å²) in [6, 6.07) is 3.98. The van der Waals surface area contributed by atoms with E-state index in [0.29, 0.717) is 0 Å². The van der Waals surface area contributed by atoms with Crippen LogP contribution in [-0.4, -0.2) is 36.7 Å². The average Bonchev–Trinajstić information content (AvgIpc) is 3.31. The fourth-order valence-corrected chi connectivity index (χ4v) is 3.82. The lowest BCUT2D eigenvalue weighted by Gasteiger charge is -2.24. The largest absolute Gasteiger partial charge is 0.332 e. The van der Waals surface area contributed by atoms with Gasteiger partial charge in [0.25, 0.3) is 0 Å². The summed E-state index contributed by atoms with van der Waals surface area (Å²) >= 11 is 1.54. The summed E-state index contributed by atoms with van der Waals surface area (Å²) in [5.41, 5.74) is 0.977. The normalized spacial score (nSPS) is 16.8. The Hall–Kier alpha value is -2.68. The van der Waals surface area contributed by atoms with Gasteiger partial charge in [0.15, 0.2) is 0 Å². The lowest BCUT2D eigenvalue weighted by molar-refractivity contribution is 0.673. The number of nitrogens with zero attached hydrogens (tertiary/aromatic N) is 7. The van der Waals surface area contributed by atoms with E-state index < -0.39 is 0 Å². The van der Waals surface area contributed by atoms with Crippen LogP contribution in [0.15, 0.2) is 24.5 Å². The van der Waals surface area contributed by atoms with Crippen molar-refractivity contribution in [1.82, 2.24) is 30.1 Å². The molecule has 1 N–H and O–H groups in total. The van der Waals surface area contributed by atoms with Crippen LogP contribution in [-0.2, 0) is 6.42 Å². The fraction of sp³-hybridized carbons (Fsp3) is 0.412. The fourth-order valence-electron chi connectivity index (χ4n) is 3.14. The minimum Gasteiger partial charge on any atom is -0.332 e. The summed E-state index contributed by atoms with van der Waals surface area (Å²) in [6.45, 7) is 4.90. The molecule has 1 saturated heterocycles. The zero-order chi connectivity index (χ0) is 17.9. The Bertz CT molecular complexity index is 881. The minimum atomic E-state index is 0.153. The van der Waals surface area contributed by atoms with Crippen molar-refractivity contribution in [2.45, 2.75) is 39.2 Å². The van der Waals surface area contributed by atoms with E-state index in [4.69, 9.17) is 0 Å². The van der Waals surface area contributed by atoms with Gasteiger partial charge < -0.3 is 10.2 Å². The second-order valence-electron chi connectivity index (χ2n) is 6.10. The molecular formula is C17H20N8S. The number of anilines is 3. The molecule has 1 aliphatic heterocycles. The third kappa shape index (κ3) is 3.48. The Balaban J connectivity index is 1.61. The molecule has 0 radical (unpaired) electrons. The lowest BCUT2D eigenvalue weighted by Crippen LogP contribution is -2.25. The van der Waals surface area contributed by atoms with Gasteiger partial charge in [0.1, 0.15) is 16.6 Å². The summed E-state index contributed by atoms with van der Waals surface area (Å²) < 4.78 is 0. The van der Waals surface area contributed by atoms with Gasteiger partial charge in [-0.3, -0.25) is 0 Å². The van der Waals surface area contributed by atoms with Gasteiger partial charge in [-0.15, -0.1) is 10.2 Å².